The van der Waals surface area contributed by atoms with Crippen LogP contribution in [0, 0.1) is 0 Å². The third-order valence-electron chi connectivity index (χ3n) is 10.0. The molecule has 4 aromatic heterocycles. The van der Waals surface area contributed by atoms with Crippen LogP contribution in [0.3, 0.4) is 0 Å². The summed E-state index contributed by atoms with van der Waals surface area (Å²) in [5, 5.41) is 3.38. The van der Waals surface area contributed by atoms with Crippen LogP contribution in [0.25, 0.3) is 104 Å². The van der Waals surface area contributed by atoms with Crippen molar-refractivity contribution < 1.29 is 0 Å². The molecule has 10 aromatic rings. The number of fused-ring (bicyclic) bond motifs is 6. The van der Waals surface area contributed by atoms with E-state index in [0.717, 1.165) is 61.2 Å². The van der Waals surface area contributed by atoms with Gasteiger partial charge in [-0.2, -0.15) is 0 Å². The first kappa shape index (κ1) is 31.3. The van der Waals surface area contributed by atoms with Crippen LogP contribution in [0.15, 0.2) is 165 Å². The maximum absolute atomic E-state index is 5.26. The Morgan fingerprint density at radius 3 is 1.79 bits per heavy atom. The van der Waals surface area contributed by atoms with E-state index in [-0.39, 0.29) is 0 Å². The first-order valence-electron chi connectivity index (χ1n) is 17.6. The maximum atomic E-state index is 5.26. The van der Waals surface area contributed by atoms with Crippen molar-refractivity contribution in [3.63, 3.8) is 0 Å². The molecule has 4 heterocycles. The minimum absolute atomic E-state index is 0.856. The van der Waals surface area contributed by atoms with E-state index in [1.54, 1.807) is 0 Å². The zero-order valence-electron chi connectivity index (χ0n) is 28.7. The predicted octanol–water partition coefficient (Wildman–Crippen LogP) is 13.9. The van der Waals surface area contributed by atoms with E-state index in [1.165, 1.54) is 41.4 Å². The molecule has 0 aliphatic carbocycles. The fourth-order valence-corrected chi connectivity index (χ4v) is 9.85. The summed E-state index contributed by atoms with van der Waals surface area (Å²) in [4.78, 5) is 15.3. The van der Waals surface area contributed by atoms with Crippen molar-refractivity contribution in [3.05, 3.63) is 176 Å². The lowest BCUT2D eigenvalue weighted by Crippen LogP contribution is -1.99. The fraction of sp³-hybridized carbons (Fsp3) is 0. The van der Waals surface area contributed by atoms with Crippen LogP contribution in [0.1, 0.15) is 11.1 Å². The van der Waals surface area contributed by atoms with Gasteiger partial charge < -0.3 is 0 Å². The standard InChI is InChI=1S/C48H31N3S2/c1-3-33-34(4-2)46(44-28-27-43(53-44)42-26-25-41(52-42)30-15-6-5-7-16-30)36-20-9-8-19-35(36)45(33)31-17-14-18-32(29-31)47-49-38-22-11-10-21-37(38)48-50-39-23-12-13-24-40(39)51(47)48/h3-29H,1-2H2. The van der Waals surface area contributed by atoms with Crippen LogP contribution in [-0.2, 0) is 0 Å². The third kappa shape index (κ3) is 5.08. The van der Waals surface area contributed by atoms with Crippen molar-refractivity contribution >= 4 is 73.2 Å². The quantitative estimate of drug-likeness (QED) is 0.165. The lowest BCUT2D eigenvalue weighted by atomic mass is 9.85. The summed E-state index contributed by atoms with van der Waals surface area (Å²) in [5.74, 6) is 0.856. The van der Waals surface area contributed by atoms with Gasteiger partial charge >= 0.3 is 0 Å². The minimum atomic E-state index is 0.856. The van der Waals surface area contributed by atoms with E-state index in [1.807, 2.05) is 53.0 Å². The molecule has 0 radical (unpaired) electrons. The van der Waals surface area contributed by atoms with Gasteiger partial charge in [-0.05, 0) is 93.2 Å². The molecule has 0 spiro atoms. The highest BCUT2D eigenvalue weighted by molar-refractivity contribution is 7.25. The molecule has 0 unspecified atom stereocenters. The van der Waals surface area contributed by atoms with E-state index >= 15 is 0 Å². The molecule has 0 aliphatic rings. The van der Waals surface area contributed by atoms with Crippen molar-refractivity contribution in [2.45, 2.75) is 0 Å². The normalized spacial score (nSPS) is 11.5. The first-order chi connectivity index (χ1) is 26.2. The molecule has 0 amide bonds. The molecule has 0 N–H and O–H groups in total. The second-order valence-corrected chi connectivity index (χ2v) is 15.2. The van der Waals surface area contributed by atoms with Gasteiger partial charge in [0.2, 0.25) is 0 Å². The van der Waals surface area contributed by atoms with E-state index in [9.17, 15) is 0 Å². The second-order valence-electron chi connectivity index (χ2n) is 13.0. The number of rotatable bonds is 7. The molecule has 0 atom stereocenters. The Morgan fingerprint density at radius 1 is 0.453 bits per heavy atom. The van der Waals surface area contributed by atoms with Gasteiger partial charge in [-0.15, -0.1) is 22.7 Å². The average Bonchev–Trinajstić information content (AvgIpc) is 3.99. The zero-order valence-corrected chi connectivity index (χ0v) is 30.3. The van der Waals surface area contributed by atoms with Crippen LogP contribution >= 0.6 is 22.7 Å². The lowest BCUT2D eigenvalue weighted by Gasteiger charge is -2.20. The van der Waals surface area contributed by atoms with Gasteiger partial charge in [-0.3, -0.25) is 4.40 Å². The first-order valence-corrected chi connectivity index (χ1v) is 19.2. The number of imidazole rings is 1. The number of thiophene rings is 2. The molecule has 0 fully saturated rings. The van der Waals surface area contributed by atoms with E-state index < -0.39 is 0 Å². The highest BCUT2D eigenvalue weighted by atomic mass is 32.1. The molecular formula is C48H31N3S2. The topological polar surface area (TPSA) is 30.2 Å². The summed E-state index contributed by atoms with van der Waals surface area (Å²) in [7, 11) is 0. The van der Waals surface area contributed by atoms with Crippen LogP contribution < -0.4 is 0 Å². The van der Waals surface area contributed by atoms with Crippen LogP contribution in [0.2, 0.25) is 0 Å². The minimum Gasteiger partial charge on any atom is -0.276 e. The molecule has 0 aliphatic heterocycles. The van der Waals surface area contributed by atoms with Crippen LogP contribution in [0.5, 0.6) is 0 Å². The highest BCUT2D eigenvalue weighted by Crippen LogP contribution is 2.47. The predicted molar refractivity (Wildman–Crippen MR) is 229 cm³/mol. The molecule has 53 heavy (non-hydrogen) atoms. The van der Waals surface area contributed by atoms with E-state index in [2.05, 4.69) is 151 Å². The fourth-order valence-electron chi connectivity index (χ4n) is 7.66. The Hall–Kier alpha value is -6.40. The number of benzene rings is 6. The third-order valence-corrected chi connectivity index (χ3v) is 12.4. The van der Waals surface area contributed by atoms with Gasteiger partial charge in [0.25, 0.3) is 0 Å². The van der Waals surface area contributed by atoms with E-state index in [4.69, 9.17) is 9.97 Å². The summed E-state index contributed by atoms with van der Waals surface area (Å²) in [6.07, 6.45) is 3.99. The molecule has 3 nitrogen and oxygen atoms in total. The van der Waals surface area contributed by atoms with Crippen LogP contribution in [0.4, 0.5) is 0 Å². The lowest BCUT2D eigenvalue weighted by molar-refractivity contribution is 1.16. The largest absolute Gasteiger partial charge is 0.276 e. The van der Waals surface area contributed by atoms with Crippen LogP contribution in [-0.4, -0.2) is 14.4 Å². The maximum Gasteiger partial charge on any atom is 0.149 e. The van der Waals surface area contributed by atoms with E-state index in [0.29, 0.717) is 0 Å². The second kappa shape index (κ2) is 12.7. The van der Waals surface area contributed by atoms with Gasteiger partial charge in [-0.25, -0.2) is 9.97 Å². The van der Waals surface area contributed by atoms with Gasteiger partial charge in [0.05, 0.1) is 16.6 Å². The SMILES string of the molecule is C=Cc1c(C=C)c(-c2ccc(-c3ccc(-c4ccccc4)s3)s2)c2ccccc2c1-c1cccc(-c2nc3ccccc3c3nc4ccccc4n23)c1. The number of hydrogen-bond donors (Lipinski definition) is 0. The van der Waals surface area contributed by atoms with Crippen molar-refractivity contribution in [1.29, 1.82) is 0 Å². The summed E-state index contributed by atoms with van der Waals surface area (Å²) in [6, 6.07) is 53.6. The summed E-state index contributed by atoms with van der Waals surface area (Å²) < 4.78 is 2.20. The van der Waals surface area contributed by atoms with Gasteiger partial charge in [-0.1, -0.05) is 122 Å². The number of aromatic nitrogens is 3. The number of hydrogen-bond acceptors (Lipinski definition) is 4. The Kier molecular flexibility index (Phi) is 7.50. The summed E-state index contributed by atoms with van der Waals surface area (Å²) in [5.41, 5.74) is 11.6. The highest BCUT2D eigenvalue weighted by Gasteiger charge is 2.22. The molecule has 5 heteroatoms. The van der Waals surface area contributed by atoms with Crippen molar-refractivity contribution in [2.24, 2.45) is 0 Å². The Balaban J connectivity index is 1.15. The zero-order chi connectivity index (χ0) is 35.5. The number of para-hydroxylation sites is 3. The van der Waals surface area contributed by atoms with Gasteiger partial charge in [0, 0.05) is 36.0 Å². The smallest absolute Gasteiger partial charge is 0.149 e. The monoisotopic (exact) mass is 713 g/mol. The Morgan fingerprint density at radius 2 is 1.02 bits per heavy atom. The van der Waals surface area contributed by atoms with Gasteiger partial charge in [0.15, 0.2) is 0 Å². The molecule has 250 valence electrons. The molecule has 0 saturated heterocycles. The van der Waals surface area contributed by atoms with Crippen molar-refractivity contribution in [2.75, 3.05) is 0 Å². The number of nitrogens with zero attached hydrogens (tertiary/aromatic N) is 3. The summed E-state index contributed by atoms with van der Waals surface area (Å²) >= 11 is 3.66. The summed E-state index contributed by atoms with van der Waals surface area (Å²) in [6.45, 7) is 8.73. The van der Waals surface area contributed by atoms with Crippen molar-refractivity contribution in [1.82, 2.24) is 14.4 Å². The van der Waals surface area contributed by atoms with Crippen molar-refractivity contribution in [3.8, 4) is 53.2 Å². The molecule has 10 rings (SSSR count). The molecule has 6 aromatic carbocycles. The Labute approximate surface area is 315 Å². The van der Waals surface area contributed by atoms with Gasteiger partial charge in [0.1, 0.15) is 11.5 Å². The molecular weight excluding hydrogens is 683 g/mol. The Bertz CT molecular complexity index is 3050. The molecule has 0 saturated carbocycles. The average molecular weight is 714 g/mol. The molecule has 0 bridgehead atoms.